The van der Waals surface area contributed by atoms with Crippen molar-refractivity contribution >= 4 is 23.3 Å². The van der Waals surface area contributed by atoms with Gasteiger partial charge in [0.2, 0.25) is 0 Å². The van der Waals surface area contributed by atoms with E-state index in [1.54, 1.807) is 0 Å². The van der Waals surface area contributed by atoms with E-state index in [-0.39, 0.29) is 0 Å². The standard InChI is InChI=1S/C28H30/c1-5-23-11-7-9-13-27(23)19-21(3)25-15-17-26(18-16-25)22(4)20-28-14-10-8-12-24(28)6-2/h7-20H,5-6H2,1-4H3. The molecule has 0 nitrogen and oxygen atoms in total. The van der Waals surface area contributed by atoms with Crippen LogP contribution in [0.3, 0.4) is 0 Å². The molecule has 0 heterocycles. The third kappa shape index (κ3) is 4.70. The van der Waals surface area contributed by atoms with Gasteiger partial charge in [-0.05, 0) is 71.2 Å². The van der Waals surface area contributed by atoms with Gasteiger partial charge in [0, 0.05) is 0 Å². The van der Waals surface area contributed by atoms with Crippen molar-refractivity contribution in [1.29, 1.82) is 0 Å². The minimum absolute atomic E-state index is 1.06. The van der Waals surface area contributed by atoms with E-state index in [4.69, 9.17) is 0 Å². The first kappa shape index (κ1) is 19.9. The third-order valence-corrected chi connectivity index (χ3v) is 5.41. The lowest BCUT2D eigenvalue weighted by molar-refractivity contribution is 1.13. The predicted molar refractivity (Wildman–Crippen MR) is 125 cm³/mol. The van der Waals surface area contributed by atoms with Crippen LogP contribution in [0.4, 0.5) is 0 Å². The molecule has 0 saturated carbocycles. The van der Waals surface area contributed by atoms with E-state index in [0.717, 1.165) is 12.8 Å². The zero-order valence-corrected chi connectivity index (χ0v) is 17.5. The molecule has 3 aromatic carbocycles. The molecule has 0 spiro atoms. The maximum Gasteiger partial charge on any atom is -0.0222 e. The summed E-state index contributed by atoms with van der Waals surface area (Å²) in [6.07, 6.45) is 6.71. The van der Waals surface area contributed by atoms with Crippen molar-refractivity contribution in [1.82, 2.24) is 0 Å². The average Bonchev–Trinajstić information content (AvgIpc) is 2.74. The van der Waals surface area contributed by atoms with Crippen LogP contribution in [0.5, 0.6) is 0 Å². The number of aryl methyl sites for hydroxylation is 2. The Kier molecular flexibility index (Phi) is 6.66. The van der Waals surface area contributed by atoms with Gasteiger partial charge in [-0.3, -0.25) is 0 Å². The molecule has 142 valence electrons. The fourth-order valence-corrected chi connectivity index (χ4v) is 3.62. The lowest BCUT2D eigenvalue weighted by Crippen LogP contribution is -1.88. The Labute approximate surface area is 170 Å². The molecule has 0 fully saturated rings. The molecule has 0 saturated heterocycles. The predicted octanol–water partition coefficient (Wildman–Crippen LogP) is 7.93. The molecule has 0 N–H and O–H groups in total. The van der Waals surface area contributed by atoms with Crippen LogP contribution in [0, 0.1) is 0 Å². The first-order valence-electron chi connectivity index (χ1n) is 10.3. The molecule has 0 atom stereocenters. The van der Waals surface area contributed by atoms with Gasteiger partial charge in [-0.15, -0.1) is 0 Å². The van der Waals surface area contributed by atoms with Crippen LogP contribution in [0.2, 0.25) is 0 Å². The molecular formula is C28H30. The molecule has 0 bridgehead atoms. The molecular weight excluding hydrogens is 336 g/mol. The van der Waals surface area contributed by atoms with Gasteiger partial charge in [-0.25, -0.2) is 0 Å². The Morgan fingerprint density at radius 2 is 0.929 bits per heavy atom. The van der Waals surface area contributed by atoms with Crippen molar-refractivity contribution in [3.05, 3.63) is 106 Å². The zero-order valence-electron chi connectivity index (χ0n) is 17.5. The summed E-state index contributed by atoms with van der Waals surface area (Å²) >= 11 is 0. The van der Waals surface area contributed by atoms with Gasteiger partial charge >= 0.3 is 0 Å². The summed E-state index contributed by atoms with van der Waals surface area (Å²) in [4.78, 5) is 0. The summed E-state index contributed by atoms with van der Waals surface area (Å²) < 4.78 is 0. The maximum atomic E-state index is 2.30. The molecule has 0 amide bonds. The van der Waals surface area contributed by atoms with Crippen molar-refractivity contribution in [3.63, 3.8) is 0 Å². The summed E-state index contributed by atoms with van der Waals surface area (Å²) in [7, 11) is 0. The van der Waals surface area contributed by atoms with Crippen LogP contribution < -0.4 is 0 Å². The summed E-state index contributed by atoms with van der Waals surface area (Å²) in [5.41, 5.74) is 10.6. The van der Waals surface area contributed by atoms with Crippen molar-refractivity contribution < 1.29 is 0 Å². The van der Waals surface area contributed by atoms with Crippen molar-refractivity contribution in [2.45, 2.75) is 40.5 Å². The minimum Gasteiger partial charge on any atom is -0.0620 e. The van der Waals surface area contributed by atoms with Crippen LogP contribution in [0.15, 0.2) is 72.8 Å². The maximum absolute atomic E-state index is 2.30. The van der Waals surface area contributed by atoms with Gasteiger partial charge in [0.25, 0.3) is 0 Å². The zero-order chi connectivity index (χ0) is 19.9. The lowest BCUT2D eigenvalue weighted by Gasteiger charge is -2.09. The lowest BCUT2D eigenvalue weighted by atomic mass is 9.96. The monoisotopic (exact) mass is 366 g/mol. The summed E-state index contributed by atoms with van der Waals surface area (Å²) in [6.45, 7) is 8.81. The second-order valence-electron chi connectivity index (χ2n) is 7.34. The second-order valence-corrected chi connectivity index (χ2v) is 7.34. The highest BCUT2D eigenvalue weighted by molar-refractivity contribution is 5.84. The van der Waals surface area contributed by atoms with E-state index in [9.17, 15) is 0 Å². The highest BCUT2D eigenvalue weighted by Crippen LogP contribution is 2.24. The minimum atomic E-state index is 1.06. The van der Waals surface area contributed by atoms with Crippen LogP contribution in [-0.4, -0.2) is 0 Å². The van der Waals surface area contributed by atoms with Gasteiger partial charge in [0.1, 0.15) is 0 Å². The van der Waals surface area contributed by atoms with Crippen LogP contribution >= 0.6 is 0 Å². The fraction of sp³-hybridized carbons (Fsp3) is 0.214. The Morgan fingerprint density at radius 1 is 0.571 bits per heavy atom. The molecule has 0 aliphatic rings. The van der Waals surface area contributed by atoms with E-state index in [1.807, 2.05) is 0 Å². The van der Waals surface area contributed by atoms with Crippen molar-refractivity contribution in [3.8, 4) is 0 Å². The summed E-state index contributed by atoms with van der Waals surface area (Å²) in [5, 5.41) is 0. The molecule has 0 unspecified atom stereocenters. The molecule has 3 rings (SSSR count). The van der Waals surface area contributed by atoms with E-state index in [1.165, 1.54) is 44.5 Å². The Bertz CT molecular complexity index is 902. The summed E-state index contributed by atoms with van der Waals surface area (Å²) in [6, 6.07) is 26.2. The molecule has 0 aliphatic carbocycles. The first-order chi connectivity index (χ1) is 13.6. The van der Waals surface area contributed by atoms with E-state index in [2.05, 4.69) is 113 Å². The molecule has 0 heteroatoms. The van der Waals surface area contributed by atoms with E-state index < -0.39 is 0 Å². The highest BCUT2D eigenvalue weighted by Gasteiger charge is 2.03. The van der Waals surface area contributed by atoms with Crippen LogP contribution in [-0.2, 0) is 12.8 Å². The molecule has 0 aliphatic heterocycles. The third-order valence-electron chi connectivity index (χ3n) is 5.41. The first-order valence-corrected chi connectivity index (χ1v) is 10.3. The molecule has 0 radical (unpaired) electrons. The topological polar surface area (TPSA) is 0 Å². The Balaban J connectivity index is 1.85. The smallest absolute Gasteiger partial charge is 0.0222 e. The average molecular weight is 367 g/mol. The largest absolute Gasteiger partial charge is 0.0620 e. The van der Waals surface area contributed by atoms with Gasteiger partial charge in [0.05, 0.1) is 0 Å². The Hall–Kier alpha value is -2.86. The van der Waals surface area contributed by atoms with E-state index in [0.29, 0.717) is 0 Å². The number of allylic oxidation sites excluding steroid dienone is 2. The SMILES string of the molecule is CCc1ccccc1C=C(C)c1ccc(C(C)=Cc2ccccc2CC)cc1. The Morgan fingerprint density at radius 3 is 1.29 bits per heavy atom. The number of hydrogen-bond donors (Lipinski definition) is 0. The van der Waals surface area contributed by atoms with E-state index >= 15 is 0 Å². The molecule has 28 heavy (non-hydrogen) atoms. The van der Waals surface area contributed by atoms with Gasteiger partial charge in [-0.1, -0.05) is 98.8 Å². The van der Waals surface area contributed by atoms with Crippen LogP contribution in [0.25, 0.3) is 23.3 Å². The quantitative estimate of drug-likeness (QED) is 0.388. The van der Waals surface area contributed by atoms with Crippen LogP contribution in [0.1, 0.15) is 61.1 Å². The highest BCUT2D eigenvalue weighted by atomic mass is 14.1. The van der Waals surface area contributed by atoms with Gasteiger partial charge in [-0.2, -0.15) is 0 Å². The number of rotatable bonds is 6. The normalized spacial score (nSPS) is 12.3. The number of benzene rings is 3. The van der Waals surface area contributed by atoms with Gasteiger partial charge < -0.3 is 0 Å². The second kappa shape index (κ2) is 9.37. The number of hydrogen-bond acceptors (Lipinski definition) is 0. The molecule has 3 aromatic rings. The fourth-order valence-electron chi connectivity index (χ4n) is 3.62. The molecule has 0 aromatic heterocycles. The van der Waals surface area contributed by atoms with Gasteiger partial charge in [0.15, 0.2) is 0 Å². The summed E-state index contributed by atoms with van der Waals surface area (Å²) in [5.74, 6) is 0. The van der Waals surface area contributed by atoms with Crippen molar-refractivity contribution in [2.24, 2.45) is 0 Å². The van der Waals surface area contributed by atoms with Crippen molar-refractivity contribution in [2.75, 3.05) is 0 Å².